The molecule has 2 rings (SSSR count). The highest BCUT2D eigenvalue weighted by Gasteiger charge is 2.13. The summed E-state index contributed by atoms with van der Waals surface area (Å²) < 4.78 is 2.60. The van der Waals surface area contributed by atoms with Crippen LogP contribution in [0.5, 0.6) is 0 Å². The number of aryl methyl sites for hydroxylation is 1. The maximum absolute atomic E-state index is 10.5. The summed E-state index contributed by atoms with van der Waals surface area (Å²) in [5.74, 6) is -1.03. The lowest BCUT2D eigenvalue weighted by Gasteiger charge is -2.07. The smallest absolute Gasteiger partial charge is 0.328 e. The van der Waals surface area contributed by atoms with Crippen molar-refractivity contribution in [3.63, 3.8) is 0 Å². The molecule has 106 valence electrons. The van der Waals surface area contributed by atoms with Crippen LogP contribution in [0.4, 0.5) is 0 Å². The Labute approximate surface area is 130 Å². The van der Waals surface area contributed by atoms with Gasteiger partial charge in [-0.25, -0.2) is 9.48 Å². The molecule has 0 fully saturated rings. The van der Waals surface area contributed by atoms with Gasteiger partial charge in [0.15, 0.2) is 0 Å². The van der Waals surface area contributed by atoms with Gasteiger partial charge in [-0.1, -0.05) is 6.07 Å². The summed E-state index contributed by atoms with van der Waals surface area (Å²) in [4.78, 5) is 10.5. The van der Waals surface area contributed by atoms with E-state index in [1.54, 1.807) is 22.9 Å². The number of hydrogen-bond acceptors (Lipinski definition) is 3. The summed E-state index contributed by atoms with van der Waals surface area (Å²) in [5, 5.41) is 22.3. The highest BCUT2D eigenvalue weighted by atomic mass is 79.9. The molecule has 1 N–H and O–H groups in total. The van der Waals surface area contributed by atoms with Crippen LogP contribution in [0.2, 0.25) is 0 Å². The van der Waals surface area contributed by atoms with Crippen LogP contribution in [0, 0.1) is 25.2 Å². The maximum atomic E-state index is 10.5. The van der Waals surface area contributed by atoms with Crippen LogP contribution >= 0.6 is 15.9 Å². The van der Waals surface area contributed by atoms with E-state index >= 15 is 0 Å². The first-order valence-electron chi connectivity index (χ1n) is 6.11. The average Bonchev–Trinajstić information content (AvgIpc) is 2.72. The molecule has 0 radical (unpaired) electrons. The zero-order chi connectivity index (χ0) is 15.6. The fourth-order valence-electron chi connectivity index (χ4n) is 1.96. The predicted octanol–water partition coefficient (Wildman–Crippen LogP) is 3.22. The summed E-state index contributed by atoms with van der Waals surface area (Å²) >= 11 is 3.46. The molecule has 5 nitrogen and oxygen atoms in total. The number of aromatic nitrogens is 2. The molecule has 0 bridgehead atoms. The molecule has 0 aliphatic carbocycles. The molecule has 0 amide bonds. The minimum atomic E-state index is -1.03. The van der Waals surface area contributed by atoms with E-state index in [-0.39, 0.29) is 0 Å². The minimum absolute atomic E-state index is 0.431. The van der Waals surface area contributed by atoms with E-state index in [4.69, 9.17) is 5.11 Å². The molecule has 1 heterocycles. The van der Waals surface area contributed by atoms with Crippen molar-refractivity contribution in [3.8, 4) is 11.8 Å². The normalized spacial score (nSPS) is 10.8. The third-order valence-electron chi connectivity index (χ3n) is 2.99. The number of benzene rings is 1. The van der Waals surface area contributed by atoms with E-state index in [0.717, 1.165) is 21.9 Å². The number of nitrogens with zero attached hydrogens (tertiary/aromatic N) is 3. The van der Waals surface area contributed by atoms with Crippen LogP contribution in [0.1, 0.15) is 22.5 Å². The van der Waals surface area contributed by atoms with Gasteiger partial charge in [0.05, 0.1) is 27.1 Å². The minimum Gasteiger partial charge on any atom is -0.478 e. The summed E-state index contributed by atoms with van der Waals surface area (Å²) in [6.07, 6.45) is 2.49. The Kier molecular flexibility index (Phi) is 4.24. The molecular weight excluding hydrogens is 334 g/mol. The van der Waals surface area contributed by atoms with Crippen molar-refractivity contribution in [1.29, 1.82) is 5.26 Å². The van der Waals surface area contributed by atoms with E-state index in [9.17, 15) is 10.1 Å². The van der Waals surface area contributed by atoms with Crippen LogP contribution < -0.4 is 0 Å². The van der Waals surface area contributed by atoms with E-state index in [0.29, 0.717) is 16.8 Å². The first kappa shape index (κ1) is 15.0. The van der Waals surface area contributed by atoms with Crippen LogP contribution in [0.3, 0.4) is 0 Å². The van der Waals surface area contributed by atoms with Gasteiger partial charge in [0.25, 0.3) is 0 Å². The molecule has 21 heavy (non-hydrogen) atoms. The fourth-order valence-corrected chi connectivity index (χ4v) is 2.20. The van der Waals surface area contributed by atoms with Gasteiger partial charge >= 0.3 is 5.97 Å². The third-order valence-corrected chi connectivity index (χ3v) is 4.14. The Hall–Kier alpha value is -2.39. The van der Waals surface area contributed by atoms with Gasteiger partial charge in [-0.2, -0.15) is 10.4 Å². The number of carboxylic acid groups (broad SMARTS) is 1. The summed E-state index contributed by atoms with van der Waals surface area (Å²) in [6.45, 7) is 3.78. The van der Waals surface area contributed by atoms with Crippen molar-refractivity contribution in [3.05, 3.63) is 51.3 Å². The largest absolute Gasteiger partial charge is 0.478 e. The molecule has 0 aliphatic rings. The summed E-state index contributed by atoms with van der Waals surface area (Å²) in [6, 6.07) is 7.26. The molecule has 1 aromatic carbocycles. The van der Waals surface area contributed by atoms with Crippen molar-refractivity contribution in [1.82, 2.24) is 9.78 Å². The Morgan fingerprint density at radius 3 is 2.71 bits per heavy atom. The fraction of sp³-hybridized carbons (Fsp3) is 0.133. The Balaban J connectivity index is 2.53. The van der Waals surface area contributed by atoms with E-state index in [2.05, 4.69) is 27.1 Å². The van der Waals surface area contributed by atoms with Crippen molar-refractivity contribution < 1.29 is 9.90 Å². The molecule has 0 unspecified atom stereocenters. The highest BCUT2D eigenvalue weighted by Crippen LogP contribution is 2.25. The number of hydrogen-bond donors (Lipinski definition) is 1. The average molecular weight is 346 g/mol. The second-order valence-electron chi connectivity index (χ2n) is 4.46. The van der Waals surface area contributed by atoms with Gasteiger partial charge in [-0.15, -0.1) is 0 Å². The van der Waals surface area contributed by atoms with Crippen LogP contribution in [-0.4, -0.2) is 20.9 Å². The monoisotopic (exact) mass is 345 g/mol. The van der Waals surface area contributed by atoms with Gasteiger partial charge in [-0.3, -0.25) is 0 Å². The zero-order valence-corrected chi connectivity index (χ0v) is 13.0. The van der Waals surface area contributed by atoms with Crippen molar-refractivity contribution in [2.24, 2.45) is 0 Å². The maximum Gasteiger partial charge on any atom is 0.328 e. The topological polar surface area (TPSA) is 78.9 Å². The zero-order valence-electron chi connectivity index (χ0n) is 11.5. The third kappa shape index (κ3) is 3.03. The van der Waals surface area contributed by atoms with Crippen LogP contribution in [0.15, 0.2) is 28.7 Å². The number of carbonyl (C=O) groups is 1. The molecule has 0 aliphatic heterocycles. The van der Waals surface area contributed by atoms with E-state index < -0.39 is 5.97 Å². The standard InChI is InChI=1S/C15H12BrN3O2/c1-9-15(16)10(2)19(18-9)13-5-3-11(4-6-14(20)21)7-12(13)8-17/h3-7H,1-2H3,(H,20,21)/b6-4+. The van der Waals surface area contributed by atoms with Gasteiger partial charge in [0.2, 0.25) is 0 Å². The van der Waals surface area contributed by atoms with E-state index in [1.165, 1.54) is 6.08 Å². The van der Waals surface area contributed by atoms with Crippen LogP contribution in [0.25, 0.3) is 11.8 Å². The van der Waals surface area contributed by atoms with Gasteiger partial charge in [0.1, 0.15) is 6.07 Å². The number of rotatable bonds is 3. The number of carboxylic acids is 1. The first-order valence-corrected chi connectivity index (χ1v) is 6.90. The Morgan fingerprint density at radius 1 is 1.48 bits per heavy atom. The lowest BCUT2D eigenvalue weighted by Crippen LogP contribution is -2.02. The molecular formula is C15H12BrN3O2. The van der Waals surface area contributed by atoms with Gasteiger partial charge < -0.3 is 5.11 Å². The number of aliphatic carboxylic acids is 1. The Bertz CT molecular complexity index is 785. The lowest BCUT2D eigenvalue weighted by atomic mass is 10.1. The molecule has 0 saturated heterocycles. The SMILES string of the molecule is Cc1nn(-c2ccc(/C=C/C(=O)O)cc2C#N)c(C)c1Br. The Morgan fingerprint density at radius 2 is 2.19 bits per heavy atom. The molecule has 0 saturated carbocycles. The van der Waals surface area contributed by atoms with Crippen molar-refractivity contribution in [2.45, 2.75) is 13.8 Å². The van der Waals surface area contributed by atoms with E-state index in [1.807, 2.05) is 13.8 Å². The predicted molar refractivity (Wildman–Crippen MR) is 82.1 cm³/mol. The summed E-state index contributed by atoms with van der Waals surface area (Å²) in [5.41, 5.74) is 3.49. The van der Waals surface area contributed by atoms with Gasteiger partial charge in [0, 0.05) is 6.08 Å². The first-order chi connectivity index (χ1) is 9.93. The quantitative estimate of drug-likeness (QED) is 0.866. The number of halogens is 1. The molecule has 0 spiro atoms. The molecule has 0 atom stereocenters. The summed E-state index contributed by atoms with van der Waals surface area (Å²) in [7, 11) is 0. The van der Waals surface area contributed by atoms with Gasteiger partial charge in [-0.05, 0) is 53.5 Å². The molecule has 6 heteroatoms. The van der Waals surface area contributed by atoms with Crippen molar-refractivity contribution in [2.75, 3.05) is 0 Å². The lowest BCUT2D eigenvalue weighted by molar-refractivity contribution is -0.131. The van der Waals surface area contributed by atoms with Crippen LogP contribution in [-0.2, 0) is 4.79 Å². The highest BCUT2D eigenvalue weighted by molar-refractivity contribution is 9.10. The molecule has 1 aromatic heterocycles. The number of nitriles is 1. The van der Waals surface area contributed by atoms with Crippen molar-refractivity contribution >= 4 is 28.0 Å². The second kappa shape index (κ2) is 5.94. The molecule has 2 aromatic rings. The second-order valence-corrected chi connectivity index (χ2v) is 5.25.